The molecular formula is C15H27N3OS. The summed E-state index contributed by atoms with van der Waals surface area (Å²) < 4.78 is 0. The SMILES string of the molecule is Cc1nc(CN2CCN(CC(C)C)C(CCO)C2)cs1. The molecule has 1 aromatic rings. The maximum Gasteiger partial charge on any atom is 0.0897 e. The summed E-state index contributed by atoms with van der Waals surface area (Å²) in [6, 6.07) is 0.482. The van der Waals surface area contributed by atoms with Gasteiger partial charge in [0.15, 0.2) is 0 Å². The number of aromatic nitrogens is 1. The van der Waals surface area contributed by atoms with Gasteiger partial charge >= 0.3 is 0 Å². The van der Waals surface area contributed by atoms with Gasteiger partial charge in [0.05, 0.1) is 10.7 Å². The van der Waals surface area contributed by atoms with Gasteiger partial charge in [0.25, 0.3) is 0 Å². The molecule has 2 rings (SSSR count). The summed E-state index contributed by atoms with van der Waals surface area (Å²) in [7, 11) is 0. The number of piperazine rings is 1. The summed E-state index contributed by atoms with van der Waals surface area (Å²) in [6.07, 6.45) is 0.874. The fourth-order valence-electron chi connectivity index (χ4n) is 2.94. The number of aryl methyl sites for hydroxylation is 1. The van der Waals surface area contributed by atoms with Crippen molar-refractivity contribution in [1.82, 2.24) is 14.8 Å². The van der Waals surface area contributed by atoms with Crippen LogP contribution >= 0.6 is 11.3 Å². The number of nitrogens with zero attached hydrogens (tertiary/aromatic N) is 3. The average molecular weight is 297 g/mol. The van der Waals surface area contributed by atoms with Gasteiger partial charge in [0, 0.05) is 50.8 Å². The summed E-state index contributed by atoms with van der Waals surface area (Å²) in [5.41, 5.74) is 1.19. The molecule has 0 aliphatic carbocycles. The van der Waals surface area contributed by atoms with Crippen molar-refractivity contribution in [2.45, 2.75) is 39.8 Å². The van der Waals surface area contributed by atoms with Crippen molar-refractivity contribution < 1.29 is 5.11 Å². The van der Waals surface area contributed by atoms with Crippen LogP contribution < -0.4 is 0 Å². The van der Waals surface area contributed by atoms with E-state index in [1.165, 1.54) is 5.69 Å². The van der Waals surface area contributed by atoms with Gasteiger partial charge in [-0.15, -0.1) is 11.3 Å². The Morgan fingerprint density at radius 3 is 2.85 bits per heavy atom. The Morgan fingerprint density at radius 2 is 2.25 bits per heavy atom. The molecule has 1 aliphatic heterocycles. The molecule has 1 fully saturated rings. The highest BCUT2D eigenvalue weighted by Crippen LogP contribution is 2.18. The van der Waals surface area contributed by atoms with E-state index in [4.69, 9.17) is 0 Å². The molecule has 5 heteroatoms. The van der Waals surface area contributed by atoms with E-state index in [0.29, 0.717) is 12.0 Å². The molecule has 20 heavy (non-hydrogen) atoms. The predicted molar refractivity (Wildman–Crippen MR) is 84.0 cm³/mol. The molecule has 114 valence electrons. The Morgan fingerprint density at radius 1 is 1.45 bits per heavy atom. The first-order valence-corrected chi connectivity index (χ1v) is 8.44. The van der Waals surface area contributed by atoms with E-state index >= 15 is 0 Å². The van der Waals surface area contributed by atoms with Gasteiger partial charge in [-0.1, -0.05) is 13.8 Å². The minimum atomic E-state index is 0.281. The largest absolute Gasteiger partial charge is 0.396 e. The van der Waals surface area contributed by atoms with Gasteiger partial charge in [0.2, 0.25) is 0 Å². The van der Waals surface area contributed by atoms with E-state index in [0.717, 1.165) is 44.2 Å². The normalized spacial score (nSPS) is 21.8. The number of hydrogen-bond acceptors (Lipinski definition) is 5. The summed E-state index contributed by atoms with van der Waals surface area (Å²) >= 11 is 1.72. The van der Waals surface area contributed by atoms with E-state index in [2.05, 4.69) is 40.9 Å². The molecular weight excluding hydrogens is 270 g/mol. The van der Waals surface area contributed by atoms with Gasteiger partial charge in [0.1, 0.15) is 0 Å². The van der Waals surface area contributed by atoms with Gasteiger partial charge in [-0.25, -0.2) is 4.98 Å². The van der Waals surface area contributed by atoms with Crippen molar-refractivity contribution in [3.8, 4) is 0 Å². The van der Waals surface area contributed by atoms with Crippen molar-refractivity contribution in [2.24, 2.45) is 5.92 Å². The fourth-order valence-corrected chi connectivity index (χ4v) is 3.55. The first-order valence-electron chi connectivity index (χ1n) is 7.56. The number of aliphatic hydroxyl groups excluding tert-OH is 1. The predicted octanol–water partition coefficient (Wildman–Crippen LogP) is 1.98. The molecule has 1 saturated heterocycles. The summed E-state index contributed by atoms with van der Waals surface area (Å²) in [5, 5.41) is 12.6. The van der Waals surface area contributed by atoms with Crippen LogP contribution in [-0.2, 0) is 6.54 Å². The second-order valence-electron chi connectivity index (χ2n) is 6.15. The lowest BCUT2D eigenvalue weighted by atomic mass is 10.1. The topological polar surface area (TPSA) is 39.6 Å². The average Bonchev–Trinajstić information content (AvgIpc) is 2.78. The molecule has 1 aliphatic rings. The standard InChI is InChI=1S/C15H27N3OS/c1-12(2)8-18-6-5-17(10-15(18)4-7-19)9-14-11-20-13(3)16-14/h11-12,15,19H,4-10H2,1-3H3. The first kappa shape index (κ1) is 15.9. The molecule has 0 radical (unpaired) electrons. The Kier molecular flexibility index (Phi) is 5.96. The molecule has 1 atom stereocenters. The van der Waals surface area contributed by atoms with E-state index in [1.54, 1.807) is 11.3 Å². The van der Waals surface area contributed by atoms with Gasteiger partial charge in [-0.05, 0) is 19.3 Å². The van der Waals surface area contributed by atoms with Crippen molar-refractivity contribution in [1.29, 1.82) is 0 Å². The van der Waals surface area contributed by atoms with Crippen LogP contribution in [0.4, 0.5) is 0 Å². The zero-order valence-corrected chi connectivity index (χ0v) is 13.7. The van der Waals surface area contributed by atoms with Gasteiger partial charge in [-0.3, -0.25) is 9.80 Å². The molecule has 0 amide bonds. The van der Waals surface area contributed by atoms with Crippen molar-refractivity contribution >= 4 is 11.3 Å². The second kappa shape index (κ2) is 7.50. The number of hydrogen-bond donors (Lipinski definition) is 1. The highest BCUT2D eigenvalue weighted by Gasteiger charge is 2.27. The van der Waals surface area contributed by atoms with Crippen molar-refractivity contribution in [3.05, 3.63) is 16.1 Å². The minimum Gasteiger partial charge on any atom is -0.396 e. The lowest BCUT2D eigenvalue weighted by molar-refractivity contribution is 0.0472. The Hall–Kier alpha value is -0.490. The third-order valence-corrected chi connectivity index (χ3v) is 4.63. The van der Waals surface area contributed by atoms with E-state index < -0.39 is 0 Å². The van der Waals surface area contributed by atoms with Crippen LogP contribution in [0.25, 0.3) is 0 Å². The number of rotatable bonds is 6. The summed E-state index contributed by atoms with van der Waals surface area (Å²) in [6.45, 7) is 12.2. The van der Waals surface area contributed by atoms with E-state index in [9.17, 15) is 5.11 Å². The zero-order valence-electron chi connectivity index (χ0n) is 12.9. The molecule has 0 saturated carbocycles. The van der Waals surface area contributed by atoms with Crippen LogP contribution in [0.1, 0.15) is 31.0 Å². The zero-order chi connectivity index (χ0) is 14.5. The quantitative estimate of drug-likeness (QED) is 0.871. The second-order valence-corrected chi connectivity index (χ2v) is 7.21. The minimum absolute atomic E-state index is 0.281. The smallest absolute Gasteiger partial charge is 0.0897 e. The lowest BCUT2D eigenvalue weighted by Gasteiger charge is -2.42. The van der Waals surface area contributed by atoms with Gasteiger partial charge in [-0.2, -0.15) is 0 Å². The van der Waals surface area contributed by atoms with E-state index in [1.807, 2.05) is 0 Å². The van der Waals surface area contributed by atoms with Crippen LogP contribution in [0, 0.1) is 12.8 Å². The molecule has 0 bridgehead atoms. The Labute approximate surface area is 126 Å². The van der Waals surface area contributed by atoms with Crippen LogP contribution in [0.5, 0.6) is 0 Å². The summed E-state index contributed by atoms with van der Waals surface area (Å²) in [5.74, 6) is 0.684. The molecule has 1 unspecified atom stereocenters. The first-order chi connectivity index (χ1) is 9.58. The molecule has 0 aromatic carbocycles. The number of thiazole rings is 1. The Bertz CT molecular complexity index is 408. The highest BCUT2D eigenvalue weighted by atomic mass is 32.1. The third kappa shape index (κ3) is 4.52. The molecule has 1 aromatic heterocycles. The fraction of sp³-hybridized carbons (Fsp3) is 0.800. The van der Waals surface area contributed by atoms with Crippen LogP contribution in [0.3, 0.4) is 0 Å². The van der Waals surface area contributed by atoms with Crippen LogP contribution in [0.2, 0.25) is 0 Å². The highest BCUT2D eigenvalue weighted by molar-refractivity contribution is 7.09. The molecule has 0 spiro atoms. The van der Waals surface area contributed by atoms with Crippen LogP contribution in [-0.4, -0.2) is 58.7 Å². The third-order valence-electron chi connectivity index (χ3n) is 3.80. The van der Waals surface area contributed by atoms with Crippen LogP contribution in [0.15, 0.2) is 5.38 Å². The molecule has 2 heterocycles. The maximum atomic E-state index is 9.29. The lowest BCUT2D eigenvalue weighted by Crippen LogP contribution is -2.53. The summed E-state index contributed by atoms with van der Waals surface area (Å²) in [4.78, 5) is 9.58. The molecule has 1 N–H and O–H groups in total. The Balaban J connectivity index is 1.91. The maximum absolute atomic E-state index is 9.29. The van der Waals surface area contributed by atoms with Gasteiger partial charge < -0.3 is 5.11 Å². The number of aliphatic hydroxyl groups is 1. The van der Waals surface area contributed by atoms with Crippen molar-refractivity contribution in [3.63, 3.8) is 0 Å². The van der Waals surface area contributed by atoms with Crippen molar-refractivity contribution in [2.75, 3.05) is 32.8 Å². The van der Waals surface area contributed by atoms with E-state index in [-0.39, 0.29) is 6.61 Å². The molecule has 4 nitrogen and oxygen atoms in total. The monoisotopic (exact) mass is 297 g/mol.